The Morgan fingerprint density at radius 1 is 1.35 bits per heavy atom. The highest BCUT2D eigenvalue weighted by atomic mass is 16.5. The van der Waals surface area contributed by atoms with Crippen molar-refractivity contribution in [2.24, 2.45) is 5.92 Å². The number of rotatable bonds is 8. The minimum absolute atomic E-state index is 0.270. The molecule has 96 valence electrons. The van der Waals surface area contributed by atoms with Crippen LogP contribution in [0, 0.1) is 5.92 Å². The molecule has 1 atom stereocenters. The second kappa shape index (κ2) is 8.23. The highest BCUT2D eigenvalue weighted by Gasteiger charge is 2.01. The Bertz CT molecular complexity index is 315. The van der Waals surface area contributed by atoms with Crippen LogP contribution in [0.15, 0.2) is 24.3 Å². The third-order valence-electron chi connectivity index (χ3n) is 2.75. The van der Waals surface area contributed by atoms with Gasteiger partial charge in [0.05, 0.1) is 6.61 Å². The molecule has 3 heteroatoms. The lowest BCUT2D eigenvalue weighted by molar-refractivity contribution is 0.185. The van der Waals surface area contributed by atoms with Gasteiger partial charge in [-0.25, -0.2) is 0 Å². The topological polar surface area (TPSA) is 41.5 Å². The number of nitrogens with one attached hydrogen (secondary N) is 1. The van der Waals surface area contributed by atoms with Gasteiger partial charge in [0.1, 0.15) is 0 Å². The van der Waals surface area contributed by atoms with Gasteiger partial charge < -0.3 is 15.2 Å². The van der Waals surface area contributed by atoms with Crippen molar-refractivity contribution in [3.05, 3.63) is 35.4 Å². The largest absolute Gasteiger partial charge is 0.396 e. The van der Waals surface area contributed by atoms with E-state index in [2.05, 4.69) is 36.5 Å². The average Bonchev–Trinajstić information content (AvgIpc) is 2.30. The summed E-state index contributed by atoms with van der Waals surface area (Å²) in [6.45, 7) is 4.88. The number of hydrogen-bond acceptors (Lipinski definition) is 3. The van der Waals surface area contributed by atoms with Crippen LogP contribution in [0.5, 0.6) is 0 Å². The van der Waals surface area contributed by atoms with E-state index in [1.165, 1.54) is 11.1 Å². The molecular formula is C14H23NO2. The standard InChI is InChI=1S/C14H23NO2/c1-12(6-7-16)9-15-10-13-4-3-5-14(8-13)11-17-2/h3-5,8,12,15-16H,6-7,9-11H2,1-2H3. The summed E-state index contributed by atoms with van der Waals surface area (Å²) in [5.74, 6) is 0.516. The molecule has 0 radical (unpaired) electrons. The van der Waals surface area contributed by atoms with Gasteiger partial charge in [0.15, 0.2) is 0 Å². The summed E-state index contributed by atoms with van der Waals surface area (Å²) in [5.41, 5.74) is 2.48. The lowest BCUT2D eigenvalue weighted by Crippen LogP contribution is -2.21. The van der Waals surface area contributed by atoms with Crippen LogP contribution in [0.3, 0.4) is 0 Å². The Balaban J connectivity index is 2.33. The van der Waals surface area contributed by atoms with Crippen molar-refractivity contribution in [3.63, 3.8) is 0 Å². The molecule has 0 aliphatic rings. The second-order valence-electron chi connectivity index (χ2n) is 4.50. The van der Waals surface area contributed by atoms with E-state index in [4.69, 9.17) is 9.84 Å². The van der Waals surface area contributed by atoms with E-state index in [1.807, 2.05) is 0 Å². The van der Waals surface area contributed by atoms with Crippen LogP contribution in [-0.2, 0) is 17.9 Å². The number of benzene rings is 1. The first-order chi connectivity index (χ1) is 8.26. The van der Waals surface area contributed by atoms with Gasteiger partial charge in [-0.1, -0.05) is 31.2 Å². The van der Waals surface area contributed by atoms with E-state index < -0.39 is 0 Å². The van der Waals surface area contributed by atoms with Crippen LogP contribution in [0.25, 0.3) is 0 Å². The molecule has 0 spiro atoms. The van der Waals surface area contributed by atoms with E-state index in [0.29, 0.717) is 12.5 Å². The van der Waals surface area contributed by atoms with Crippen LogP contribution >= 0.6 is 0 Å². The summed E-state index contributed by atoms with van der Waals surface area (Å²) in [7, 11) is 1.71. The Kier molecular flexibility index (Phi) is 6.86. The maximum atomic E-state index is 8.81. The first-order valence-electron chi connectivity index (χ1n) is 6.14. The van der Waals surface area contributed by atoms with Gasteiger partial charge in [-0.3, -0.25) is 0 Å². The van der Waals surface area contributed by atoms with Crippen LogP contribution < -0.4 is 5.32 Å². The smallest absolute Gasteiger partial charge is 0.0713 e. The van der Waals surface area contributed by atoms with E-state index in [-0.39, 0.29) is 6.61 Å². The molecule has 17 heavy (non-hydrogen) atoms. The molecule has 2 N–H and O–H groups in total. The zero-order valence-electron chi connectivity index (χ0n) is 10.8. The van der Waals surface area contributed by atoms with Gasteiger partial charge >= 0.3 is 0 Å². The molecule has 0 aromatic heterocycles. The molecule has 1 rings (SSSR count). The second-order valence-corrected chi connectivity index (χ2v) is 4.50. The molecule has 0 fully saturated rings. The maximum Gasteiger partial charge on any atom is 0.0713 e. The van der Waals surface area contributed by atoms with Crippen molar-refractivity contribution < 1.29 is 9.84 Å². The Labute approximate surface area is 104 Å². The first-order valence-corrected chi connectivity index (χ1v) is 6.14. The Hall–Kier alpha value is -0.900. The highest BCUT2D eigenvalue weighted by Crippen LogP contribution is 2.06. The fourth-order valence-electron chi connectivity index (χ4n) is 1.78. The van der Waals surface area contributed by atoms with Gasteiger partial charge in [0.25, 0.3) is 0 Å². The Morgan fingerprint density at radius 3 is 2.82 bits per heavy atom. The van der Waals surface area contributed by atoms with E-state index >= 15 is 0 Å². The fourth-order valence-corrected chi connectivity index (χ4v) is 1.78. The van der Waals surface area contributed by atoms with Gasteiger partial charge in [0, 0.05) is 20.3 Å². The van der Waals surface area contributed by atoms with E-state index in [1.54, 1.807) is 7.11 Å². The minimum Gasteiger partial charge on any atom is -0.396 e. The number of methoxy groups -OCH3 is 1. The minimum atomic E-state index is 0.270. The van der Waals surface area contributed by atoms with Gasteiger partial charge in [-0.05, 0) is 30.0 Å². The van der Waals surface area contributed by atoms with E-state index in [9.17, 15) is 0 Å². The van der Waals surface area contributed by atoms with Crippen molar-refractivity contribution in [1.82, 2.24) is 5.32 Å². The van der Waals surface area contributed by atoms with Gasteiger partial charge in [0.2, 0.25) is 0 Å². The normalized spacial score (nSPS) is 12.6. The van der Waals surface area contributed by atoms with Crippen molar-refractivity contribution in [2.75, 3.05) is 20.3 Å². The third-order valence-corrected chi connectivity index (χ3v) is 2.75. The zero-order valence-corrected chi connectivity index (χ0v) is 10.8. The molecule has 0 aliphatic carbocycles. The number of aliphatic hydroxyl groups excluding tert-OH is 1. The molecular weight excluding hydrogens is 214 g/mol. The molecule has 1 unspecified atom stereocenters. The lowest BCUT2D eigenvalue weighted by atomic mass is 10.1. The van der Waals surface area contributed by atoms with Crippen molar-refractivity contribution in [1.29, 1.82) is 0 Å². The average molecular weight is 237 g/mol. The highest BCUT2D eigenvalue weighted by molar-refractivity contribution is 5.22. The summed E-state index contributed by atoms with van der Waals surface area (Å²) >= 11 is 0. The monoisotopic (exact) mass is 237 g/mol. The molecule has 0 bridgehead atoms. The predicted octanol–water partition coefficient (Wildman–Crippen LogP) is 1.94. The number of ether oxygens (including phenoxy) is 1. The molecule has 0 saturated carbocycles. The van der Waals surface area contributed by atoms with Gasteiger partial charge in [-0.15, -0.1) is 0 Å². The molecule has 1 aromatic carbocycles. The number of hydrogen-bond donors (Lipinski definition) is 2. The molecule has 1 aromatic rings. The zero-order chi connectivity index (χ0) is 12.5. The summed E-state index contributed by atoms with van der Waals surface area (Å²) in [6, 6.07) is 8.40. The van der Waals surface area contributed by atoms with Crippen molar-refractivity contribution in [3.8, 4) is 0 Å². The predicted molar refractivity (Wildman–Crippen MR) is 69.7 cm³/mol. The van der Waals surface area contributed by atoms with Crippen molar-refractivity contribution >= 4 is 0 Å². The summed E-state index contributed by atoms with van der Waals surface area (Å²) in [4.78, 5) is 0. The quantitative estimate of drug-likeness (QED) is 0.726. The van der Waals surface area contributed by atoms with Crippen LogP contribution in [0.4, 0.5) is 0 Å². The molecule has 0 saturated heterocycles. The molecule has 3 nitrogen and oxygen atoms in total. The third kappa shape index (κ3) is 5.82. The van der Waals surface area contributed by atoms with E-state index in [0.717, 1.165) is 19.5 Å². The van der Waals surface area contributed by atoms with Crippen LogP contribution in [0.1, 0.15) is 24.5 Å². The maximum absolute atomic E-state index is 8.81. The molecule has 0 heterocycles. The Morgan fingerprint density at radius 2 is 2.12 bits per heavy atom. The lowest BCUT2D eigenvalue weighted by Gasteiger charge is -2.11. The first kappa shape index (κ1) is 14.2. The van der Waals surface area contributed by atoms with Crippen molar-refractivity contribution in [2.45, 2.75) is 26.5 Å². The summed E-state index contributed by atoms with van der Waals surface area (Å²) in [6.07, 6.45) is 0.858. The molecule has 0 aliphatic heterocycles. The fraction of sp³-hybridized carbons (Fsp3) is 0.571. The summed E-state index contributed by atoms with van der Waals surface area (Å²) in [5, 5.41) is 12.2. The molecule has 0 amide bonds. The number of aliphatic hydroxyl groups is 1. The van der Waals surface area contributed by atoms with Crippen LogP contribution in [-0.4, -0.2) is 25.4 Å². The summed E-state index contributed by atoms with van der Waals surface area (Å²) < 4.78 is 5.11. The van der Waals surface area contributed by atoms with Crippen LogP contribution in [0.2, 0.25) is 0 Å². The van der Waals surface area contributed by atoms with Gasteiger partial charge in [-0.2, -0.15) is 0 Å². The SMILES string of the molecule is COCc1cccc(CNCC(C)CCO)c1.